The van der Waals surface area contributed by atoms with Crippen molar-refractivity contribution in [2.24, 2.45) is 0 Å². The molecule has 3 rings (SSSR count). The van der Waals surface area contributed by atoms with Crippen LogP contribution in [0.4, 0.5) is 13.2 Å². The molecule has 0 saturated carbocycles. The van der Waals surface area contributed by atoms with Crippen LogP contribution < -0.4 is 0 Å². The van der Waals surface area contributed by atoms with E-state index in [1.807, 2.05) is 0 Å². The Morgan fingerprint density at radius 2 is 1.77 bits per heavy atom. The molecule has 0 radical (unpaired) electrons. The van der Waals surface area contributed by atoms with Crippen molar-refractivity contribution in [3.8, 4) is 0 Å². The molecule has 7 heteroatoms. The maximum Gasteiger partial charge on any atom is 0.416 e. The van der Waals surface area contributed by atoms with Gasteiger partial charge >= 0.3 is 6.18 Å². The van der Waals surface area contributed by atoms with Crippen LogP contribution in [0.1, 0.15) is 28.8 Å². The van der Waals surface area contributed by atoms with Gasteiger partial charge in [-0.25, -0.2) is 0 Å². The summed E-state index contributed by atoms with van der Waals surface area (Å²) in [5, 5.41) is 0. The molecule has 0 N–H and O–H groups in total. The van der Waals surface area contributed by atoms with E-state index in [1.54, 1.807) is 4.90 Å². The predicted octanol–water partition coefficient (Wildman–Crippen LogP) is 2.68. The number of piperidine rings is 1. The minimum atomic E-state index is -4.45. The maximum atomic E-state index is 12.7. The van der Waals surface area contributed by atoms with Crippen molar-refractivity contribution in [3.05, 3.63) is 35.4 Å². The molecule has 2 saturated heterocycles. The molecule has 1 aromatic carbocycles. The number of amides is 1. The van der Waals surface area contributed by atoms with Crippen LogP contribution in [-0.4, -0.2) is 42.9 Å². The lowest BCUT2D eigenvalue weighted by Crippen LogP contribution is -2.47. The van der Waals surface area contributed by atoms with Crippen LogP contribution in [0.5, 0.6) is 0 Å². The highest BCUT2D eigenvalue weighted by Crippen LogP contribution is 2.33. The molecule has 1 amide bonds. The Morgan fingerprint density at radius 3 is 2.36 bits per heavy atom. The van der Waals surface area contributed by atoms with Gasteiger partial charge in [0.25, 0.3) is 5.91 Å². The van der Waals surface area contributed by atoms with Crippen LogP contribution in [0.3, 0.4) is 0 Å². The Balaban J connectivity index is 1.70. The molecule has 2 aliphatic heterocycles. The molecule has 4 nitrogen and oxygen atoms in total. The smallest absolute Gasteiger partial charge is 0.347 e. The minimum absolute atomic E-state index is 0.0547. The van der Waals surface area contributed by atoms with E-state index in [4.69, 9.17) is 9.47 Å². The van der Waals surface area contributed by atoms with Crippen molar-refractivity contribution in [1.82, 2.24) is 4.90 Å². The second-order valence-corrected chi connectivity index (χ2v) is 5.48. The zero-order valence-electron chi connectivity index (χ0n) is 11.9. The predicted molar refractivity (Wildman–Crippen MR) is 71.2 cm³/mol. The number of alkyl halides is 3. The number of halogens is 3. The number of benzene rings is 1. The van der Waals surface area contributed by atoms with E-state index in [9.17, 15) is 18.0 Å². The van der Waals surface area contributed by atoms with Crippen LogP contribution in [0.2, 0.25) is 0 Å². The SMILES string of the molecule is O=C(c1cccc(C(F)(F)F)c1)N1CCC2(CC1)OCCO2. The van der Waals surface area contributed by atoms with Crippen molar-refractivity contribution in [2.45, 2.75) is 24.8 Å². The van der Waals surface area contributed by atoms with Crippen molar-refractivity contribution in [1.29, 1.82) is 0 Å². The first-order valence-corrected chi connectivity index (χ1v) is 7.14. The molecule has 2 aliphatic rings. The van der Waals surface area contributed by atoms with Crippen LogP contribution in [0, 0.1) is 0 Å². The van der Waals surface area contributed by atoms with E-state index in [-0.39, 0.29) is 11.5 Å². The molecule has 0 atom stereocenters. The number of hydrogen-bond acceptors (Lipinski definition) is 3. The average molecular weight is 315 g/mol. The third-order valence-electron chi connectivity index (χ3n) is 4.06. The number of hydrogen-bond donors (Lipinski definition) is 0. The van der Waals surface area contributed by atoms with Crippen LogP contribution in [-0.2, 0) is 15.7 Å². The summed E-state index contributed by atoms with van der Waals surface area (Å²) in [5.41, 5.74) is -0.756. The van der Waals surface area contributed by atoms with Gasteiger partial charge in [0.1, 0.15) is 0 Å². The second kappa shape index (κ2) is 5.55. The summed E-state index contributed by atoms with van der Waals surface area (Å²) >= 11 is 0. The molecule has 2 fully saturated rings. The Hall–Kier alpha value is -1.60. The minimum Gasteiger partial charge on any atom is -0.347 e. The third-order valence-corrected chi connectivity index (χ3v) is 4.06. The van der Waals surface area contributed by atoms with Gasteiger partial charge in [0, 0.05) is 31.5 Å². The topological polar surface area (TPSA) is 38.8 Å². The first-order chi connectivity index (χ1) is 10.4. The van der Waals surface area contributed by atoms with Crippen molar-refractivity contribution >= 4 is 5.91 Å². The first kappa shape index (κ1) is 15.3. The lowest BCUT2D eigenvalue weighted by molar-refractivity contribution is -0.181. The second-order valence-electron chi connectivity index (χ2n) is 5.48. The number of rotatable bonds is 1. The summed E-state index contributed by atoms with van der Waals surface area (Å²) in [5.74, 6) is -0.996. The van der Waals surface area contributed by atoms with E-state index in [2.05, 4.69) is 0 Å². The van der Waals surface area contributed by atoms with Crippen LogP contribution >= 0.6 is 0 Å². The van der Waals surface area contributed by atoms with E-state index < -0.39 is 17.5 Å². The van der Waals surface area contributed by atoms with E-state index in [0.717, 1.165) is 12.1 Å². The normalized spacial score (nSPS) is 21.3. The largest absolute Gasteiger partial charge is 0.416 e. The summed E-state index contributed by atoms with van der Waals surface area (Å²) < 4.78 is 49.3. The van der Waals surface area contributed by atoms with Gasteiger partial charge in [0.15, 0.2) is 5.79 Å². The summed E-state index contributed by atoms with van der Waals surface area (Å²) in [7, 11) is 0. The number of nitrogens with zero attached hydrogens (tertiary/aromatic N) is 1. The lowest BCUT2D eigenvalue weighted by atomic mass is 10.0. The van der Waals surface area contributed by atoms with E-state index >= 15 is 0 Å². The number of carbonyl (C=O) groups excluding carboxylic acids is 1. The van der Waals surface area contributed by atoms with Gasteiger partial charge in [-0.2, -0.15) is 13.2 Å². The molecule has 0 aliphatic carbocycles. The number of ether oxygens (including phenoxy) is 2. The highest BCUT2D eigenvalue weighted by Gasteiger charge is 2.41. The Labute approximate surface area is 125 Å². The molecule has 1 spiro atoms. The highest BCUT2D eigenvalue weighted by atomic mass is 19.4. The molecule has 0 aromatic heterocycles. The lowest BCUT2D eigenvalue weighted by Gasteiger charge is -2.37. The van der Waals surface area contributed by atoms with Crippen molar-refractivity contribution in [3.63, 3.8) is 0 Å². The van der Waals surface area contributed by atoms with Crippen LogP contribution in [0.15, 0.2) is 24.3 Å². The third kappa shape index (κ3) is 2.96. The fraction of sp³-hybridized carbons (Fsp3) is 0.533. The summed E-state index contributed by atoms with van der Waals surface area (Å²) in [6.45, 7) is 1.91. The Bertz CT molecular complexity index is 557. The quantitative estimate of drug-likeness (QED) is 0.800. The highest BCUT2D eigenvalue weighted by molar-refractivity contribution is 5.94. The Kier molecular flexibility index (Phi) is 3.86. The molecular formula is C15H16F3NO3. The van der Waals surface area contributed by atoms with Gasteiger partial charge in [-0.05, 0) is 18.2 Å². The van der Waals surface area contributed by atoms with E-state index in [1.165, 1.54) is 12.1 Å². The standard InChI is InChI=1S/C15H16F3NO3/c16-15(17,18)12-3-1-2-11(10-12)13(20)19-6-4-14(5-7-19)21-8-9-22-14/h1-3,10H,4-9H2. The monoisotopic (exact) mass is 315 g/mol. The maximum absolute atomic E-state index is 12.7. The van der Waals surface area contributed by atoms with Crippen molar-refractivity contribution in [2.75, 3.05) is 26.3 Å². The van der Waals surface area contributed by atoms with Crippen LogP contribution in [0.25, 0.3) is 0 Å². The molecule has 120 valence electrons. The summed E-state index contributed by atoms with van der Waals surface area (Å²) in [6, 6.07) is 4.52. The van der Waals surface area contributed by atoms with Gasteiger partial charge in [-0.15, -0.1) is 0 Å². The molecule has 1 aromatic rings. The van der Waals surface area contributed by atoms with Gasteiger partial charge < -0.3 is 14.4 Å². The van der Waals surface area contributed by atoms with Gasteiger partial charge in [0.2, 0.25) is 0 Å². The number of likely N-dealkylation sites (tertiary alicyclic amines) is 1. The first-order valence-electron chi connectivity index (χ1n) is 7.14. The van der Waals surface area contributed by atoms with Gasteiger partial charge in [0.05, 0.1) is 18.8 Å². The zero-order valence-corrected chi connectivity index (χ0v) is 11.9. The van der Waals surface area contributed by atoms with Gasteiger partial charge in [-0.3, -0.25) is 4.79 Å². The van der Waals surface area contributed by atoms with E-state index in [0.29, 0.717) is 39.1 Å². The molecule has 0 unspecified atom stereocenters. The zero-order chi connectivity index (χ0) is 15.8. The molecule has 0 bridgehead atoms. The van der Waals surface area contributed by atoms with Gasteiger partial charge in [-0.1, -0.05) is 6.07 Å². The Morgan fingerprint density at radius 1 is 1.14 bits per heavy atom. The average Bonchev–Trinajstić information content (AvgIpc) is 2.95. The molecule has 2 heterocycles. The molecule has 22 heavy (non-hydrogen) atoms. The van der Waals surface area contributed by atoms with Crippen molar-refractivity contribution < 1.29 is 27.4 Å². The summed E-state index contributed by atoms with van der Waals surface area (Å²) in [6.07, 6.45) is -3.37. The number of carbonyl (C=O) groups is 1. The fourth-order valence-electron chi connectivity index (χ4n) is 2.85. The fourth-order valence-corrected chi connectivity index (χ4v) is 2.85. The molecular weight excluding hydrogens is 299 g/mol. The summed E-state index contributed by atoms with van der Waals surface area (Å²) in [4.78, 5) is 13.9.